The highest BCUT2D eigenvalue weighted by atomic mass is 79.9. The fourth-order valence-electron chi connectivity index (χ4n) is 1.77. The zero-order valence-electron chi connectivity index (χ0n) is 9.41. The quantitative estimate of drug-likeness (QED) is 0.831. The minimum atomic E-state index is -0.840. The molecule has 0 saturated carbocycles. The minimum absolute atomic E-state index is 0.318. The van der Waals surface area contributed by atoms with E-state index in [2.05, 4.69) is 31.9 Å². The SMILES string of the molecule is OC(Cc1cccc(Br)c1)c1ccc(Br)cc1F. The van der Waals surface area contributed by atoms with Crippen LogP contribution in [0.2, 0.25) is 0 Å². The lowest BCUT2D eigenvalue weighted by atomic mass is 10.0. The van der Waals surface area contributed by atoms with E-state index in [9.17, 15) is 9.50 Å². The van der Waals surface area contributed by atoms with Gasteiger partial charge in [-0.25, -0.2) is 4.39 Å². The molecule has 0 fully saturated rings. The second-order valence-electron chi connectivity index (χ2n) is 4.02. The van der Waals surface area contributed by atoms with Crippen LogP contribution in [0.3, 0.4) is 0 Å². The van der Waals surface area contributed by atoms with Gasteiger partial charge in [-0.3, -0.25) is 0 Å². The lowest BCUT2D eigenvalue weighted by molar-refractivity contribution is 0.173. The molecule has 2 rings (SSSR count). The summed E-state index contributed by atoms with van der Waals surface area (Å²) in [7, 11) is 0. The van der Waals surface area contributed by atoms with Crippen molar-refractivity contribution in [3.63, 3.8) is 0 Å². The highest BCUT2D eigenvalue weighted by Gasteiger charge is 2.13. The molecule has 2 aromatic carbocycles. The molecule has 1 unspecified atom stereocenters. The zero-order chi connectivity index (χ0) is 13.1. The van der Waals surface area contributed by atoms with Crippen LogP contribution in [-0.2, 0) is 6.42 Å². The molecule has 4 heteroatoms. The van der Waals surface area contributed by atoms with Crippen LogP contribution in [0.5, 0.6) is 0 Å². The number of benzene rings is 2. The van der Waals surface area contributed by atoms with Crippen LogP contribution >= 0.6 is 31.9 Å². The van der Waals surface area contributed by atoms with E-state index in [4.69, 9.17) is 0 Å². The van der Waals surface area contributed by atoms with Crippen molar-refractivity contribution in [3.8, 4) is 0 Å². The van der Waals surface area contributed by atoms with Gasteiger partial charge in [-0.1, -0.05) is 50.1 Å². The molecule has 1 N–H and O–H groups in total. The lowest BCUT2D eigenvalue weighted by Crippen LogP contribution is -2.04. The Morgan fingerprint density at radius 2 is 1.78 bits per heavy atom. The Labute approximate surface area is 122 Å². The number of rotatable bonds is 3. The number of aliphatic hydroxyl groups excluding tert-OH is 1. The third-order valence-corrected chi connectivity index (χ3v) is 3.63. The summed E-state index contributed by atoms with van der Waals surface area (Å²) in [5.74, 6) is -0.396. The lowest BCUT2D eigenvalue weighted by Gasteiger charge is -2.12. The molecule has 0 spiro atoms. The van der Waals surface area contributed by atoms with Gasteiger partial charge in [0.1, 0.15) is 5.82 Å². The monoisotopic (exact) mass is 372 g/mol. The average Bonchev–Trinajstić information content (AvgIpc) is 2.28. The highest BCUT2D eigenvalue weighted by Crippen LogP contribution is 2.24. The Morgan fingerprint density at radius 1 is 1.06 bits per heavy atom. The molecular weight excluding hydrogens is 363 g/mol. The van der Waals surface area contributed by atoms with E-state index in [0.717, 1.165) is 10.0 Å². The molecule has 0 heterocycles. The molecule has 0 amide bonds. The minimum Gasteiger partial charge on any atom is -0.388 e. The maximum absolute atomic E-state index is 13.7. The molecule has 94 valence electrons. The zero-order valence-corrected chi connectivity index (χ0v) is 12.6. The van der Waals surface area contributed by atoms with Crippen LogP contribution in [0.25, 0.3) is 0 Å². The van der Waals surface area contributed by atoms with Crippen LogP contribution in [0, 0.1) is 5.82 Å². The Kier molecular flexibility index (Phi) is 4.54. The maximum atomic E-state index is 13.7. The highest BCUT2D eigenvalue weighted by molar-refractivity contribution is 9.10. The first-order valence-electron chi connectivity index (χ1n) is 5.44. The summed E-state index contributed by atoms with van der Waals surface area (Å²) in [6, 6.07) is 12.3. The van der Waals surface area contributed by atoms with Gasteiger partial charge >= 0.3 is 0 Å². The normalized spacial score (nSPS) is 12.4. The molecule has 18 heavy (non-hydrogen) atoms. The van der Waals surface area contributed by atoms with Crippen molar-refractivity contribution < 1.29 is 9.50 Å². The fraction of sp³-hybridized carbons (Fsp3) is 0.143. The van der Waals surface area contributed by atoms with Crippen LogP contribution in [0.15, 0.2) is 51.4 Å². The van der Waals surface area contributed by atoms with Crippen LogP contribution in [0.1, 0.15) is 17.2 Å². The van der Waals surface area contributed by atoms with Gasteiger partial charge in [0.05, 0.1) is 6.10 Å². The largest absolute Gasteiger partial charge is 0.388 e. The molecule has 1 atom stereocenters. The van der Waals surface area contributed by atoms with E-state index in [1.165, 1.54) is 6.07 Å². The Balaban J connectivity index is 2.19. The second-order valence-corrected chi connectivity index (χ2v) is 5.85. The molecule has 0 aromatic heterocycles. The smallest absolute Gasteiger partial charge is 0.130 e. The van der Waals surface area contributed by atoms with Gasteiger partial charge in [0.25, 0.3) is 0 Å². The summed E-state index contributed by atoms with van der Waals surface area (Å²) >= 11 is 6.56. The molecule has 0 saturated heterocycles. The van der Waals surface area contributed by atoms with Crippen molar-refractivity contribution in [1.82, 2.24) is 0 Å². The molecular formula is C14H11Br2FO. The summed E-state index contributed by atoms with van der Waals surface area (Å²) in [5, 5.41) is 10.1. The van der Waals surface area contributed by atoms with E-state index in [1.54, 1.807) is 12.1 Å². The van der Waals surface area contributed by atoms with Crippen LogP contribution < -0.4 is 0 Å². The van der Waals surface area contributed by atoms with Gasteiger partial charge in [0.15, 0.2) is 0 Å². The Bertz CT molecular complexity index is 557. The molecule has 0 bridgehead atoms. The first-order chi connectivity index (χ1) is 8.56. The standard InChI is InChI=1S/C14H11Br2FO/c15-10-3-1-2-9(6-10)7-14(18)12-5-4-11(16)8-13(12)17/h1-6,8,14,18H,7H2. The van der Waals surface area contributed by atoms with E-state index in [0.29, 0.717) is 16.5 Å². The van der Waals surface area contributed by atoms with Crippen LogP contribution in [0.4, 0.5) is 4.39 Å². The number of hydrogen-bond acceptors (Lipinski definition) is 1. The topological polar surface area (TPSA) is 20.2 Å². The van der Waals surface area contributed by atoms with E-state index >= 15 is 0 Å². The predicted molar refractivity (Wildman–Crippen MR) is 76.9 cm³/mol. The van der Waals surface area contributed by atoms with E-state index < -0.39 is 11.9 Å². The molecule has 1 nitrogen and oxygen atoms in total. The van der Waals surface area contributed by atoms with Gasteiger partial charge in [0, 0.05) is 20.9 Å². The van der Waals surface area contributed by atoms with Gasteiger partial charge < -0.3 is 5.11 Å². The van der Waals surface area contributed by atoms with Gasteiger partial charge in [-0.15, -0.1) is 0 Å². The summed E-state index contributed by atoms with van der Waals surface area (Å²) in [5.41, 5.74) is 1.28. The van der Waals surface area contributed by atoms with Crippen LogP contribution in [-0.4, -0.2) is 5.11 Å². The van der Waals surface area contributed by atoms with Crippen molar-refractivity contribution in [2.45, 2.75) is 12.5 Å². The predicted octanol–water partition coefficient (Wildman–Crippen LogP) is 4.63. The van der Waals surface area contributed by atoms with E-state index in [-0.39, 0.29) is 0 Å². The summed E-state index contributed by atoms with van der Waals surface area (Å²) in [4.78, 5) is 0. The Morgan fingerprint density at radius 3 is 2.44 bits per heavy atom. The first kappa shape index (κ1) is 13.7. The number of hydrogen-bond donors (Lipinski definition) is 1. The third kappa shape index (κ3) is 3.40. The third-order valence-electron chi connectivity index (χ3n) is 2.64. The molecule has 0 aliphatic carbocycles. The van der Waals surface area contributed by atoms with Gasteiger partial charge in [-0.2, -0.15) is 0 Å². The maximum Gasteiger partial charge on any atom is 0.130 e. The first-order valence-corrected chi connectivity index (χ1v) is 7.02. The summed E-state index contributed by atoms with van der Waals surface area (Å²) < 4.78 is 15.3. The fourth-order valence-corrected chi connectivity index (χ4v) is 2.55. The summed E-state index contributed by atoms with van der Waals surface area (Å²) in [6.07, 6.45) is -0.453. The average molecular weight is 374 g/mol. The van der Waals surface area contributed by atoms with Crippen molar-refractivity contribution in [2.75, 3.05) is 0 Å². The molecule has 0 radical (unpaired) electrons. The number of halogens is 3. The van der Waals surface area contributed by atoms with Crippen molar-refractivity contribution >= 4 is 31.9 Å². The van der Waals surface area contributed by atoms with Crippen molar-refractivity contribution in [3.05, 3.63) is 68.4 Å². The Hall–Kier alpha value is -0.710. The van der Waals surface area contributed by atoms with Gasteiger partial charge in [-0.05, 0) is 29.8 Å². The molecule has 2 aromatic rings. The number of aliphatic hydroxyl groups is 1. The van der Waals surface area contributed by atoms with Crippen molar-refractivity contribution in [2.24, 2.45) is 0 Å². The molecule has 0 aliphatic rings. The van der Waals surface area contributed by atoms with Gasteiger partial charge in [0.2, 0.25) is 0 Å². The van der Waals surface area contributed by atoms with E-state index in [1.807, 2.05) is 24.3 Å². The summed E-state index contributed by atoms with van der Waals surface area (Å²) in [6.45, 7) is 0. The molecule has 0 aliphatic heterocycles. The second kappa shape index (κ2) is 5.95. The van der Waals surface area contributed by atoms with Crippen molar-refractivity contribution in [1.29, 1.82) is 0 Å².